The van der Waals surface area contributed by atoms with Crippen LogP contribution in [0.4, 0.5) is 17.6 Å². The van der Waals surface area contributed by atoms with Crippen molar-refractivity contribution in [1.82, 2.24) is 0 Å². The van der Waals surface area contributed by atoms with Crippen molar-refractivity contribution in [3.8, 4) is 22.6 Å². The van der Waals surface area contributed by atoms with Crippen LogP contribution in [0.5, 0.6) is 11.5 Å². The molecule has 2 aromatic carbocycles. The van der Waals surface area contributed by atoms with E-state index in [2.05, 4.69) is 4.74 Å². The van der Waals surface area contributed by atoms with E-state index in [4.69, 9.17) is 22.1 Å². The normalized spacial score (nSPS) is 11.4. The molecule has 0 spiro atoms. The van der Waals surface area contributed by atoms with Gasteiger partial charge in [0.2, 0.25) is 0 Å². The van der Waals surface area contributed by atoms with Crippen LogP contribution in [-0.2, 0) is 0 Å². The van der Waals surface area contributed by atoms with Gasteiger partial charge in [0.15, 0.2) is 11.5 Å². The van der Waals surface area contributed by atoms with E-state index >= 15 is 0 Å². The summed E-state index contributed by atoms with van der Waals surface area (Å²) < 4.78 is 60.5. The molecule has 23 heavy (non-hydrogen) atoms. The molecular weight excluding hydrogens is 338 g/mol. The Morgan fingerprint density at radius 1 is 1.04 bits per heavy atom. The molecule has 3 nitrogen and oxygen atoms in total. The highest BCUT2D eigenvalue weighted by Gasteiger charge is 2.32. The van der Waals surface area contributed by atoms with Crippen LogP contribution >= 0.6 is 11.6 Å². The summed E-state index contributed by atoms with van der Waals surface area (Å²) in [4.78, 5) is 0. The second-order valence-electron chi connectivity index (χ2n) is 4.47. The molecular formula is C15H12ClF4NO2. The Balaban J connectivity index is 2.46. The quantitative estimate of drug-likeness (QED) is 0.815. The molecule has 0 saturated heterocycles. The lowest BCUT2D eigenvalue weighted by Crippen LogP contribution is -2.18. The molecule has 0 heterocycles. The molecule has 2 N–H and O–H groups in total. The van der Waals surface area contributed by atoms with E-state index < -0.39 is 17.9 Å². The summed E-state index contributed by atoms with van der Waals surface area (Å²) in [6.45, 7) is 0.134. The summed E-state index contributed by atoms with van der Waals surface area (Å²) in [5.74, 6) is -1.34. The van der Waals surface area contributed by atoms with Gasteiger partial charge in [-0.15, -0.1) is 13.2 Å². The third kappa shape index (κ3) is 4.74. The van der Waals surface area contributed by atoms with Crippen molar-refractivity contribution in [2.45, 2.75) is 6.36 Å². The summed E-state index contributed by atoms with van der Waals surface area (Å²) in [5, 5.41) is 0.253. The van der Waals surface area contributed by atoms with E-state index in [0.717, 1.165) is 12.1 Å². The third-order valence-electron chi connectivity index (χ3n) is 2.78. The molecule has 0 aliphatic carbocycles. The van der Waals surface area contributed by atoms with Gasteiger partial charge in [-0.1, -0.05) is 17.7 Å². The molecule has 124 valence electrons. The van der Waals surface area contributed by atoms with Crippen LogP contribution in [-0.4, -0.2) is 19.5 Å². The van der Waals surface area contributed by atoms with Gasteiger partial charge in [0.05, 0.1) is 0 Å². The smallest absolute Gasteiger partial charge is 0.488 e. The third-order valence-corrected chi connectivity index (χ3v) is 3.02. The van der Waals surface area contributed by atoms with Crippen LogP contribution in [0.25, 0.3) is 11.1 Å². The monoisotopic (exact) mass is 349 g/mol. The fourth-order valence-corrected chi connectivity index (χ4v) is 2.06. The van der Waals surface area contributed by atoms with E-state index in [-0.39, 0.29) is 35.1 Å². The standard InChI is InChI=1S/C15H12ClF4NO2/c16-10-2-3-12(17)11(8-10)9-1-4-13(22-6-5-21)14(7-9)23-15(18,19)20/h1-4,7-8H,5-6,21H2. The van der Waals surface area contributed by atoms with Crippen molar-refractivity contribution in [3.63, 3.8) is 0 Å². The van der Waals surface area contributed by atoms with Gasteiger partial charge >= 0.3 is 6.36 Å². The predicted molar refractivity (Wildman–Crippen MR) is 78.1 cm³/mol. The van der Waals surface area contributed by atoms with Gasteiger partial charge in [0.1, 0.15) is 12.4 Å². The predicted octanol–water partition coefficient (Wildman–Crippen LogP) is 4.38. The number of rotatable bonds is 5. The van der Waals surface area contributed by atoms with Gasteiger partial charge in [-0.2, -0.15) is 0 Å². The first kappa shape index (κ1) is 17.4. The van der Waals surface area contributed by atoms with E-state index in [1.165, 1.54) is 24.3 Å². The Hall–Kier alpha value is -1.99. The van der Waals surface area contributed by atoms with Crippen molar-refractivity contribution < 1.29 is 27.0 Å². The number of nitrogens with two attached hydrogens (primary N) is 1. The lowest BCUT2D eigenvalue weighted by Gasteiger charge is -2.15. The van der Waals surface area contributed by atoms with Crippen molar-refractivity contribution in [3.05, 3.63) is 47.2 Å². The molecule has 0 unspecified atom stereocenters. The summed E-state index contributed by atoms with van der Waals surface area (Å²) >= 11 is 5.80. The molecule has 0 saturated carbocycles. The highest BCUT2D eigenvalue weighted by Crippen LogP contribution is 2.37. The second kappa shape index (κ2) is 7.06. The largest absolute Gasteiger partial charge is 0.573 e. The van der Waals surface area contributed by atoms with Gasteiger partial charge in [-0.25, -0.2) is 4.39 Å². The van der Waals surface area contributed by atoms with Crippen molar-refractivity contribution in [2.75, 3.05) is 13.2 Å². The molecule has 0 aliphatic rings. The molecule has 0 radical (unpaired) electrons. The molecule has 0 aromatic heterocycles. The number of hydrogen-bond donors (Lipinski definition) is 1. The van der Waals surface area contributed by atoms with Crippen LogP contribution in [0.2, 0.25) is 5.02 Å². The molecule has 0 aliphatic heterocycles. The fraction of sp³-hybridized carbons (Fsp3) is 0.200. The average Bonchev–Trinajstić information content (AvgIpc) is 2.47. The molecule has 0 amide bonds. The van der Waals surface area contributed by atoms with Crippen LogP contribution < -0.4 is 15.2 Å². The minimum atomic E-state index is -4.91. The molecule has 8 heteroatoms. The van der Waals surface area contributed by atoms with E-state index in [0.29, 0.717) is 0 Å². The summed E-state index contributed by atoms with van der Waals surface area (Å²) in [7, 11) is 0. The van der Waals surface area contributed by atoms with E-state index in [1.807, 2.05) is 0 Å². The minimum absolute atomic E-state index is 0.0130. The Morgan fingerprint density at radius 2 is 1.78 bits per heavy atom. The van der Waals surface area contributed by atoms with Crippen molar-refractivity contribution in [2.24, 2.45) is 5.73 Å². The SMILES string of the molecule is NCCOc1ccc(-c2cc(Cl)ccc2F)cc1OC(F)(F)F. The van der Waals surface area contributed by atoms with Gasteiger partial charge in [-0.05, 0) is 35.9 Å². The van der Waals surface area contributed by atoms with Gasteiger partial charge < -0.3 is 15.2 Å². The highest BCUT2D eigenvalue weighted by atomic mass is 35.5. The number of alkyl halides is 3. The first-order valence-electron chi connectivity index (χ1n) is 6.48. The van der Waals surface area contributed by atoms with Crippen molar-refractivity contribution in [1.29, 1.82) is 0 Å². The Bertz CT molecular complexity index is 692. The highest BCUT2D eigenvalue weighted by molar-refractivity contribution is 6.30. The van der Waals surface area contributed by atoms with Crippen molar-refractivity contribution >= 4 is 11.6 Å². The Kier molecular flexibility index (Phi) is 5.33. The number of hydrogen-bond acceptors (Lipinski definition) is 3. The Morgan fingerprint density at radius 3 is 2.43 bits per heavy atom. The Labute approximate surface area is 134 Å². The first-order chi connectivity index (χ1) is 10.8. The molecule has 2 rings (SSSR count). The van der Waals surface area contributed by atoms with Gasteiger partial charge in [0.25, 0.3) is 0 Å². The number of benzene rings is 2. The summed E-state index contributed by atoms with van der Waals surface area (Å²) in [5.41, 5.74) is 5.48. The maximum absolute atomic E-state index is 13.9. The summed E-state index contributed by atoms with van der Waals surface area (Å²) in [6.07, 6.45) is -4.91. The number of ether oxygens (including phenoxy) is 2. The van der Waals surface area contributed by atoms with Crippen LogP contribution in [0, 0.1) is 5.82 Å². The van der Waals surface area contributed by atoms with Gasteiger partial charge in [-0.3, -0.25) is 0 Å². The zero-order chi connectivity index (χ0) is 17.0. The molecule has 0 bridgehead atoms. The maximum Gasteiger partial charge on any atom is 0.573 e. The lowest BCUT2D eigenvalue weighted by molar-refractivity contribution is -0.275. The maximum atomic E-state index is 13.9. The van der Waals surface area contributed by atoms with Crippen LogP contribution in [0.15, 0.2) is 36.4 Å². The topological polar surface area (TPSA) is 44.5 Å². The first-order valence-corrected chi connectivity index (χ1v) is 6.86. The molecule has 0 fully saturated rings. The van der Waals surface area contributed by atoms with Gasteiger partial charge in [0, 0.05) is 17.1 Å². The average molecular weight is 350 g/mol. The lowest BCUT2D eigenvalue weighted by atomic mass is 10.0. The number of halogens is 5. The fourth-order valence-electron chi connectivity index (χ4n) is 1.89. The van der Waals surface area contributed by atoms with E-state index in [9.17, 15) is 17.6 Å². The van der Waals surface area contributed by atoms with E-state index in [1.54, 1.807) is 0 Å². The zero-order valence-corrected chi connectivity index (χ0v) is 12.4. The molecule has 0 atom stereocenters. The second-order valence-corrected chi connectivity index (χ2v) is 4.91. The zero-order valence-electron chi connectivity index (χ0n) is 11.7. The summed E-state index contributed by atoms with van der Waals surface area (Å²) in [6, 6.07) is 7.47. The van der Waals surface area contributed by atoms with Crippen LogP contribution in [0.3, 0.4) is 0 Å². The van der Waals surface area contributed by atoms with Crippen LogP contribution in [0.1, 0.15) is 0 Å². The minimum Gasteiger partial charge on any atom is -0.488 e. The molecule has 2 aromatic rings.